The maximum atomic E-state index is 5.45. The zero-order chi connectivity index (χ0) is 9.12. The third-order valence-corrected chi connectivity index (χ3v) is 4.26. The van der Waals surface area contributed by atoms with E-state index in [1.54, 1.807) is 0 Å². The van der Waals surface area contributed by atoms with Crippen molar-refractivity contribution in [2.45, 2.75) is 31.2 Å². The molecule has 1 aliphatic carbocycles. The van der Waals surface area contributed by atoms with Gasteiger partial charge in [-0.1, -0.05) is 0 Å². The second-order valence-electron chi connectivity index (χ2n) is 5.17. The predicted octanol–water partition coefficient (Wildman–Crippen LogP) is 0.825. The van der Waals surface area contributed by atoms with E-state index in [0.29, 0.717) is 18.3 Å². The molecule has 5 unspecified atom stereocenters. The van der Waals surface area contributed by atoms with Crippen molar-refractivity contribution in [3.63, 3.8) is 0 Å². The molecule has 3 heterocycles. The summed E-state index contributed by atoms with van der Waals surface area (Å²) in [5.74, 6) is 2.35. The summed E-state index contributed by atoms with van der Waals surface area (Å²) in [6.07, 6.45) is 4.35. The highest BCUT2D eigenvalue weighted by atomic mass is 16.6. The first kappa shape index (κ1) is 8.08. The Kier molecular flexibility index (Phi) is 1.57. The van der Waals surface area contributed by atoms with Crippen molar-refractivity contribution in [3.05, 3.63) is 0 Å². The van der Waals surface area contributed by atoms with Crippen molar-refractivity contribution >= 4 is 0 Å². The van der Waals surface area contributed by atoms with Crippen molar-refractivity contribution in [2.24, 2.45) is 17.8 Å². The Labute approximate surface area is 83.7 Å². The standard InChI is InChI=1S/C11H16O3/c1-6(9-3-12-9)2-8(11-5-14-11)7(1)10-4-13-10/h6-11H,1-5H2. The molecule has 0 N–H and O–H groups in total. The number of rotatable bonds is 3. The number of epoxide rings is 3. The molecule has 4 rings (SSSR count). The Morgan fingerprint density at radius 1 is 0.643 bits per heavy atom. The van der Waals surface area contributed by atoms with Crippen LogP contribution in [-0.2, 0) is 14.2 Å². The molecule has 4 aliphatic rings. The van der Waals surface area contributed by atoms with Crippen molar-refractivity contribution in [1.82, 2.24) is 0 Å². The van der Waals surface area contributed by atoms with E-state index in [4.69, 9.17) is 14.2 Å². The molecule has 78 valence electrons. The van der Waals surface area contributed by atoms with Crippen molar-refractivity contribution in [3.8, 4) is 0 Å². The van der Waals surface area contributed by atoms with Gasteiger partial charge in [0.1, 0.15) is 0 Å². The Bertz CT molecular complexity index is 223. The summed E-state index contributed by atoms with van der Waals surface area (Å²) >= 11 is 0. The molecule has 0 aromatic rings. The summed E-state index contributed by atoms with van der Waals surface area (Å²) in [6, 6.07) is 0. The molecule has 3 heteroatoms. The normalized spacial score (nSPS) is 60.0. The number of ether oxygens (including phenoxy) is 3. The maximum absolute atomic E-state index is 5.45. The van der Waals surface area contributed by atoms with Crippen LogP contribution >= 0.6 is 0 Å². The fourth-order valence-electron chi connectivity index (χ4n) is 3.24. The molecular formula is C11H16O3. The summed E-state index contributed by atoms with van der Waals surface area (Å²) in [5, 5.41) is 0. The highest BCUT2D eigenvalue weighted by molar-refractivity contribution is 5.01. The third-order valence-electron chi connectivity index (χ3n) is 4.26. The van der Waals surface area contributed by atoms with Crippen molar-refractivity contribution < 1.29 is 14.2 Å². The van der Waals surface area contributed by atoms with E-state index in [2.05, 4.69) is 0 Å². The summed E-state index contributed by atoms with van der Waals surface area (Å²) < 4.78 is 16.3. The van der Waals surface area contributed by atoms with Crippen LogP contribution in [0.25, 0.3) is 0 Å². The highest BCUT2D eigenvalue weighted by Crippen LogP contribution is 2.50. The van der Waals surface area contributed by atoms with Crippen LogP contribution in [0.5, 0.6) is 0 Å². The van der Waals surface area contributed by atoms with E-state index >= 15 is 0 Å². The van der Waals surface area contributed by atoms with E-state index < -0.39 is 0 Å². The molecule has 0 radical (unpaired) electrons. The Morgan fingerprint density at radius 3 is 1.43 bits per heavy atom. The van der Waals surface area contributed by atoms with Gasteiger partial charge < -0.3 is 14.2 Å². The fourth-order valence-corrected chi connectivity index (χ4v) is 3.24. The molecule has 0 amide bonds. The fraction of sp³-hybridized carbons (Fsp3) is 1.00. The molecule has 3 aliphatic heterocycles. The van der Waals surface area contributed by atoms with Crippen molar-refractivity contribution in [1.29, 1.82) is 0 Å². The lowest BCUT2D eigenvalue weighted by molar-refractivity contribution is 0.231. The van der Waals surface area contributed by atoms with Gasteiger partial charge in [0.2, 0.25) is 0 Å². The van der Waals surface area contributed by atoms with Gasteiger partial charge >= 0.3 is 0 Å². The molecule has 0 spiro atoms. The average molecular weight is 196 g/mol. The molecule has 5 atom stereocenters. The van der Waals surface area contributed by atoms with Gasteiger partial charge in [0.15, 0.2) is 0 Å². The maximum Gasteiger partial charge on any atom is 0.0841 e. The van der Waals surface area contributed by atoms with Crippen LogP contribution < -0.4 is 0 Å². The van der Waals surface area contributed by atoms with E-state index in [9.17, 15) is 0 Å². The van der Waals surface area contributed by atoms with E-state index in [1.165, 1.54) is 12.8 Å². The van der Waals surface area contributed by atoms with E-state index in [1.807, 2.05) is 0 Å². The molecule has 4 fully saturated rings. The van der Waals surface area contributed by atoms with Crippen LogP contribution in [0.2, 0.25) is 0 Å². The lowest BCUT2D eigenvalue weighted by Crippen LogP contribution is -2.18. The Hall–Kier alpha value is -0.120. The van der Waals surface area contributed by atoms with Gasteiger partial charge in [0.05, 0.1) is 38.1 Å². The summed E-state index contributed by atoms with van der Waals surface area (Å²) in [6.45, 7) is 2.99. The van der Waals surface area contributed by atoms with E-state index in [0.717, 1.165) is 37.6 Å². The van der Waals surface area contributed by atoms with E-state index in [-0.39, 0.29) is 0 Å². The summed E-state index contributed by atoms with van der Waals surface area (Å²) in [7, 11) is 0. The molecule has 1 saturated carbocycles. The first-order valence-corrected chi connectivity index (χ1v) is 5.76. The first-order chi connectivity index (χ1) is 6.92. The summed E-state index contributed by atoms with van der Waals surface area (Å²) in [4.78, 5) is 0. The number of hydrogen-bond acceptors (Lipinski definition) is 3. The van der Waals surface area contributed by atoms with Crippen molar-refractivity contribution in [2.75, 3.05) is 19.8 Å². The lowest BCUT2D eigenvalue weighted by atomic mass is 9.91. The third kappa shape index (κ3) is 1.30. The zero-order valence-corrected chi connectivity index (χ0v) is 8.22. The SMILES string of the molecule is C1OC1C1CC(C2CO2)C(C2CO2)C1. The molecule has 0 aromatic heterocycles. The average Bonchev–Trinajstić information content (AvgIpc) is 3.07. The first-order valence-electron chi connectivity index (χ1n) is 5.76. The predicted molar refractivity (Wildman–Crippen MR) is 48.9 cm³/mol. The molecule has 14 heavy (non-hydrogen) atoms. The Morgan fingerprint density at radius 2 is 1.07 bits per heavy atom. The second-order valence-corrected chi connectivity index (χ2v) is 5.17. The molecular weight excluding hydrogens is 180 g/mol. The van der Waals surface area contributed by atoms with Crippen LogP contribution in [0.1, 0.15) is 12.8 Å². The van der Waals surface area contributed by atoms with Gasteiger partial charge in [-0.3, -0.25) is 0 Å². The molecule has 0 bridgehead atoms. The lowest BCUT2D eigenvalue weighted by Gasteiger charge is -2.13. The summed E-state index contributed by atoms with van der Waals surface area (Å²) in [5.41, 5.74) is 0. The smallest absolute Gasteiger partial charge is 0.0841 e. The molecule has 3 saturated heterocycles. The van der Waals surface area contributed by atoms with Crippen LogP contribution in [0, 0.1) is 17.8 Å². The van der Waals surface area contributed by atoms with Gasteiger partial charge in [-0.2, -0.15) is 0 Å². The van der Waals surface area contributed by atoms with Crippen LogP contribution in [0.4, 0.5) is 0 Å². The molecule has 0 aromatic carbocycles. The Balaban J connectivity index is 1.50. The van der Waals surface area contributed by atoms with Crippen LogP contribution in [0.15, 0.2) is 0 Å². The zero-order valence-electron chi connectivity index (χ0n) is 8.22. The van der Waals surface area contributed by atoms with Gasteiger partial charge in [-0.05, 0) is 30.6 Å². The van der Waals surface area contributed by atoms with Gasteiger partial charge in [0.25, 0.3) is 0 Å². The minimum absolute atomic E-state index is 0.563. The monoisotopic (exact) mass is 196 g/mol. The highest BCUT2D eigenvalue weighted by Gasteiger charge is 2.53. The largest absolute Gasteiger partial charge is 0.373 e. The second kappa shape index (κ2) is 2.71. The number of hydrogen-bond donors (Lipinski definition) is 0. The van der Waals surface area contributed by atoms with Gasteiger partial charge in [-0.15, -0.1) is 0 Å². The topological polar surface area (TPSA) is 37.6 Å². The van der Waals surface area contributed by atoms with Gasteiger partial charge in [-0.25, -0.2) is 0 Å². The minimum Gasteiger partial charge on any atom is -0.373 e. The molecule has 3 nitrogen and oxygen atoms in total. The quantitative estimate of drug-likeness (QED) is 0.627. The van der Waals surface area contributed by atoms with Crippen LogP contribution in [0.3, 0.4) is 0 Å². The van der Waals surface area contributed by atoms with Crippen LogP contribution in [-0.4, -0.2) is 38.1 Å². The minimum atomic E-state index is 0.563. The van der Waals surface area contributed by atoms with Gasteiger partial charge in [0, 0.05) is 0 Å².